The van der Waals surface area contributed by atoms with Crippen molar-refractivity contribution in [3.05, 3.63) is 59.7 Å². The molecule has 2 fully saturated rings. The van der Waals surface area contributed by atoms with E-state index in [-0.39, 0.29) is 5.91 Å². The van der Waals surface area contributed by atoms with Crippen LogP contribution in [-0.4, -0.2) is 55.6 Å². The molecule has 0 aromatic heterocycles. The van der Waals surface area contributed by atoms with Gasteiger partial charge >= 0.3 is 0 Å². The molecule has 32 heavy (non-hydrogen) atoms. The van der Waals surface area contributed by atoms with Gasteiger partial charge in [0, 0.05) is 32.1 Å². The molecule has 5 nitrogen and oxygen atoms in total. The Labute approximate surface area is 192 Å². The quantitative estimate of drug-likeness (QED) is 0.622. The van der Waals surface area contributed by atoms with Gasteiger partial charge in [-0.1, -0.05) is 31.2 Å². The van der Waals surface area contributed by atoms with Gasteiger partial charge in [-0.3, -0.25) is 9.69 Å². The molecule has 2 heterocycles. The number of carbonyl (C=O) groups is 1. The second-order valence-corrected chi connectivity index (χ2v) is 9.38. The van der Waals surface area contributed by atoms with Crippen molar-refractivity contribution in [3.8, 4) is 11.5 Å². The Kier molecular flexibility index (Phi) is 7.69. The summed E-state index contributed by atoms with van der Waals surface area (Å²) in [5, 5.41) is 0. The lowest BCUT2D eigenvalue weighted by molar-refractivity contribution is 0.0689. The first-order valence-corrected chi connectivity index (χ1v) is 12.0. The van der Waals surface area contributed by atoms with Crippen LogP contribution in [0.15, 0.2) is 48.5 Å². The first-order valence-electron chi connectivity index (χ1n) is 12.0. The topological polar surface area (TPSA) is 42.0 Å². The number of methoxy groups -OCH3 is 1. The second kappa shape index (κ2) is 10.9. The van der Waals surface area contributed by atoms with Crippen LogP contribution in [0.25, 0.3) is 0 Å². The Morgan fingerprint density at radius 1 is 1.03 bits per heavy atom. The molecule has 1 atom stereocenters. The van der Waals surface area contributed by atoms with Gasteiger partial charge in [-0.25, -0.2) is 0 Å². The minimum Gasteiger partial charge on any atom is -0.497 e. The van der Waals surface area contributed by atoms with Gasteiger partial charge in [-0.2, -0.15) is 0 Å². The number of para-hydroxylation sites is 1. The molecule has 1 amide bonds. The van der Waals surface area contributed by atoms with E-state index in [0.717, 1.165) is 63.5 Å². The number of amides is 1. The molecule has 0 bridgehead atoms. The maximum atomic E-state index is 13.1. The number of rotatable bonds is 7. The molecule has 2 saturated heterocycles. The minimum absolute atomic E-state index is 0.107. The van der Waals surface area contributed by atoms with Gasteiger partial charge < -0.3 is 14.4 Å². The molecule has 0 N–H and O–H groups in total. The fourth-order valence-corrected chi connectivity index (χ4v) is 4.82. The fourth-order valence-electron chi connectivity index (χ4n) is 4.82. The summed E-state index contributed by atoms with van der Waals surface area (Å²) < 4.78 is 11.6. The molecule has 4 rings (SSSR count). The zero-order valence-electron chi connectivity index (χ0n) is 19.5. The molecule has 1 unspecified atom stereocenters. The van der Waals surface area contributed by atoms with Crippen LogP contribution < -0.4 is 9.47 Å². The standard InChI is InChI=1S/C27H36N2O3/c1-21-12-15-29(16-13-21)27(30)25-10-3-4-11-26(25)32-20-23-8-6-14-28(19-23)18-22-7-5-9-24(17-22)31-2/h3-5,7,9-11,17,21,23H,6,8,12-16,18-20H2,1-2H3. The third kappa shape index (κ3) is 5.83. The summed E-state index contributed by atoms with van der Waals surface area (Å²) in [4.78, 5) is 17.6. The number of ether oxygens (including phenoxy) is 2. The van der Waals surface area contributed by atoms with Gasteiger partial charge in [0.05, 0.1) is 19.3 Å². The molecule has 2 aromatic carbocycles. The van der Waals surface area contributed by atoms with E-state index >= 15 is 0 Å². The largest absolute Gasteiger partial charge is 0.497 e. The molecular formula is C27H36N2O3. The Hall–Kier alpha value is -2.53. The van der Waals surface area contributed by atoms with Crippen LogP contribution in [0.2, 0.25) is 0 Å². The van der Waals surface area contributed by atoms with Crippen molar-refractivity contribution in [2.75, 3.05) is 39.9 Å². The van der Waals surface area contributed by atoms with Crippen molar-refractivity contribution in [2.45, 2.75) is 39.2 Å². The van der Waals surface area contributed by atoms with Crippen molar-refractivity contribution in [1.82, 2.24) is 9.80 Å². The van der Waals surface area contributed by atoms with E-state index < -0.39 is 0 Å². The van der Waals surface area contributed by atoms with Crippen LogP contribution in [0.1, 0.15) is 48.5 Å². The zero-order chi connectivity index (χ0) is 22.3. The van der Waals surface area contributed by atoms with Crippen molar-refractivity contribution in [1.29, 1.82) is 0 Å². The zero-order valence-corrected chi connectivity index (χ0v) is 19.5. The van der Waals surface area contributed by atoms with Crippen LogP contribution >= 0.6 is 0 Å². The van der Waals surface area contributed by atoms with Crippen molar-refractivity contribution in [3.63, 3.8) is 0 Å². The highest BCUT2D eigenvalue weighted by Crippen LogP contribution is 2.26. The maximum Gasteiger partial charge on any atom is 0.257 e. The summed E-state index contributed by atoms with van der Waals surface area (Å²) in [6.45, 7) is 7.65. The van der Waals surface area contributed by atoms with Crippen molar-refractivity contribution in [2.24, 2.45) is 11.8 Å². The highest BCUT2D eigenvalue weighted by molar-refractivity contribution is 5.97. The lowest BCUT2D eigenvalue weighted by Gasteiger charge is -2.33. The smallest absolute Gasteiger partial charge is 0.257 e. The molecule has 0 spiro atoms. The summed E-state index contributed by atoms with van der Waals surface area (Å²) in [6, 6.07) is 16.1. The minimum atomic E-state index is 0.107. The first-order chi connectivity index (χ1) is 15.6. The van der Waals surface area contributed by atoms with E-state index in [1.165, 1.54) is 12.0 Å². The van der Waals surface area contributed by atoms with E-state index in [4.69, 9.17) is 9.47 Å². The number of nitrogens with zero attached hydrogens (tertiary/aromatic N) is 2. The lowest BCUT2D eigenvalue weighted by atomic mass is 9.98. The molecular weight excluding hydrogens is 400 g/mol. The van der Waals surface area contributed by atoms with Crippen LogP contribution in [0, 0.1) is 11.8 Å². The van der Waals surface area contributed by atoms with Crippen molar-refractivity contribution >= 4 is 5.91 Å². The van der Waals surface area contributed by atoms with Gasteiger partial charge in [0.25, 0.3) is 5.91 Å². The van der Waals surface area contributed by atoms with Crippen LogP contribution in [0.3, 0.4) is 0 Å². The third-order valence-corrected chi connectivity index (χ3v) is 6.81. The summed E-state index contributed by atoms with van der Waals surface area (Å²) in [5.74, 6) is 2.91. The monoisotopic (exact) mass is 436 g/mol. The van der Waals surface area contributed by atoms with Gasteiger partial charge in [0.1, 0.15) is 11.5 Å². The average molecular weight is 437 g/mol. The Morgan fingerprint density at radius 2 is 1.84 bits per heavy atom. The summed E-state index contributed by atoms with van der Waals surface area (Å²) in [5.41, 5.74) is 1.98. The summed E-state index contributed by atoms with van der Waals surface area (Å²) in [7, 11) is 1.71. The van der Waals surface area contributed by atoms with Gasteiger partial charge in [0.15, 0.2) is 0 Å². The summed E-state index contributed by atoms with van der Waals surface area (Å²) in [6.07, 6.45) is 4.50. The predicted molar refractivity (Wildman–Crippen MR) is 127 cm³/mol. The number of benzene rings is 2. The van der Waals surface area contributed by atoms with Gasteiger partial charge in [-0.15, -0.1) is 0 Å². The maximum absolute atomic E-state index is 13.1. The molecule has 5 heteroatoms. The molecule has 2 aliphatic rings. The Morgan fingerprint density at radius 3 is 2.66 bits per heavy atom. The van der Waals surface area contributed by atoms with Crippen LogP contribution in [-0.2, 0) is 6.54 Å². The molecule has 2 aliphatic heterocycles. The third-order valence-electron chi connectivity index (χ3n) is 6.81. The van der Waals surface area contributed by atoms with E-state index in [2.05, 4.69) is 30.0 Å². The van der Waals surface area contributed by atoms with Crippen LogP contribution in [0.4, 0.5) is 0 Å². The Bertz CT molecular complexity index is 892. The first kappa shape index (κ1) is 22.7. The van der Waals surface area contributed by atoms with E-state index in [0.29, 0.717) is 24.0 Å². The molecule has 0 radical (unpaired) electrons. The molecule has 0 saturated carbocycles. The summed E-state index contributed by atoms with van der Waals surface area (Å²) >= 11 is 0. The number of likely N-dealkylation sites (tertiary alicyclic amines) is 2. The van der Waals surface area contributed by atoms with E-state index in [1.54, 1.807) is 7.11 Å². The second-order valence-electron chi connectivity index (χ2n) is 9.38. The SMILES string of the molecule is COc1cccc(CN2CCCC(COc3ccccc3C(=O)N3CCC(C)CC3)C2)c1. The van der Waals surface area contributed by atoms with Crippen molar-refractivity contribution < 1.29 is 14.3 Å². The predicted octanol–water partition coefficient (Wildman–Crippen LogP) is 4.86. The molecule has 0 aliphatic carbocycles. The lowest BCUT2D eigenvalue weighted by Crippen LogP contribution is -2.38. The van der Waals surface area contributed by atoms with E-state index in [1.807, 2.05) is 35.2 Å². The fraction of sp³-hybridized carbons (Fsp3) is 0.519. The highest BCUT2D eigenvalue weighted by Gasteiger charge is 2.25. The molecule has 2 aromatic rings. The molecule has 172 valence electrons. The van der Waals surface area contributed by atoms with Gasteiger partial charge in [0.2, 0.25) is 0 Å². The van der Waals surface area contributed by atoms with Gasteiger partial charge in [-0.05, 0) is 68.0 Å². The average Bonchev–Trinajstić information content (AvgIpc) is 2.83. The van der Waals surface area contributed by atoms with Crippen LogP contribution in [0.5, 0.6) is 11.5 Å². The highest BCUT2D eigenvalue weighted by atomic mass is 16.5. The number of hydrogen-bond donors (Lipinski definition) is 0. The number of carbonyl (C=O) groups excluding carboxylic acids is 1. The normalized spacial score (nSPS) is 20.2. The van der Waals surface area contributed by atoms with E-state index in [9.17, 15) is 4.79 Å². The number of hydrogen-bond acceptors (Lipinski definition) is 4. The Balaban J connectivity index is 1.34. The number of piperidine rings is 2.